The quantitative estimate of drug-likeness (QED) is 0.813. The first-order valence-electron chi connectivity index (χ1n) is 6.85. The van der Waals surface area contributed by atoms with Crippen LogP contribution >= 0.6 is 0 Å². The highest BCUT2D eigenvalue weighted by molar-refractivity contribution is 5.79. The topological polar surface area (TPSA) is 49.8 Å². The minimum absolute atomic E-state index is 0.0111. The Kier molecular flexibility index (Phi) is 6.75. The number of alkyl halides is 3. The number of methoxy groups -OCH3 is 1. The number of hydrogen-bond acceptors (Lipinski definition) is 3. The number of hydrogen-bond donors (Lipinski definition) is 1. The van der Waals surface area contributed by atoms with Gasteiger partial charge in [0.2, 0.25) is 5.91 Å². The summed E-state index contributed by atoms with van der Waals surface area (Å²) < 4.78 is 42.6. The van der Waals surface area contributed by atoms with Crippen molar-refractivity contribution in [1.29, 1.82) is 0 Å². The molecule has 118 valence electrons. The van der Waals surface area contributed by atoms with Crippen molar-refractivity contribution in [2.24, 2.45) is 11.8 Å². The maximum atomic E-state index is 12.6. The monoisotopic (exact) mass is 297 g/mol. The summed E-state index contributed by atoms with van der Waals surface area (Å²) in [7, 11) is 1.51. The van der Waals surface area contributed by atoms with Gasteiger partial charge in [-0.15, -0.1) is 0 Å². The van der Waals surface area contributed by atoms with Crippen molar-refractivity contribution >= 4 is 5.91 Å². The number of halogens is 3. The summed E-state index contributed by atoms with van der Waals surface area (Å²) in [6, 6.07) is 0. The van der Waals surface area contributed by atoms with Crippen molar-refractivity contribution in [1.82, 2.24) is 4.90 Å². The lowest BCUT2D eigenvalue weighted by Crippen LogP contribution is -2.42. The van der Waals surface area contributed by atoms with Crippen LogP contribution in [0.2, 0.25) is 0 Å². The molecule has 1 fully saturated rings. The maximum absolute atomic E-state index is 12.6. The van der Waals surface area contributed by atoms with E-state index < -0.39 is 12.1 Å². The third kappa shape index (κ3) is 4.94. The van der Waals surface area contributed by atoms with E-state index in [1.807, 2.05) is 0 Å². The number of carbonyl (C=O) groups is 1. The fourth-order valence-electron chi connectivity index (χ4n) is 2.58. The van der Waals surface area contributed by atoms with Crippen molar-refractivity contribution in [2.45, 2.75) is 31.9 Å². The first-order chi connectivity index (χ1) is 9.40. The van der Waals surface area contributed by atoms with Gasteiger partial charge in [0.1, 0.15) is 0 Å². The summed E-state index contributed by atoms with van der Waals surface area (Å²) in [5.74, 6) is -1.81. The number of nitrogens with zero attached hydrogens (tertiary/aromatic N) is 1. The Morgan fingerprint density at radius 1 is 1.25 bits per heavy atom. The molecule has 1 aliphatic carbocycles. The highest BCUT2D eigenvalue weighted by atomic mass is 19.4. The van der Waals surface area contributed by atoms with E-state index in [1.165, 1.54) is 12.0 Å². The molecule has 0 atom stereocenters. The fraction of sp³-hybridized carbons (Fsp3) is 0.923. The molecule has 1 amide bonds. The Hall–Kier alpha value is -0.820. The Morgan fingerprint density at radius 2 is 1.85 bits per heavy atom. The van der Waals surface area contributed by atoms with Gasteiger partial charge in [-0.05, 0) is 25.7 Å². The van der Waals surface area contributed by atoms with Crippen molar-refractivity contribution in [3.8, 4) is 0 Å². The predicted molar refractivity (Wildman–Crippen MR) is 67.0 cm³/mol. The smallest absolute Gasteiger partial charge is 0.391 e. The van der Waals surface area contributed by atoms with Crippen molar-refractivity contribution < 1.29 is 27.8 Å². The summed E-state index contributed by atoms with van der Waals surface area (Å²) in [5, 5.41) is 8.95. The zero-order valence-electron chi connectivity index (χ0n) is 11.7. The molecule has 7 heteroatoms. The van der Waals surface area contributed by atoms with E-state index >= 15 is 0 Å². The summed E-state index contributed by atoms with van der Waals surface area (Å²) in [4.78, 5) is 13.7. The molecule has 4 nitrogen and oxygen atoms in total. The first kappa shape index (κ1) is 17.2. The Bertz CT molecular complexity index is 302. The molecule has 1 rings (SSSR count). The molecule has 0 spiro atoms. The molecule has 1 aliphatic rings. The van der Waals surface area contributed by atoms with E-state index in [2.05, 4.69) is 0 Å². The molecule has 20 heavy (non-hydrogen) atoms. The average molecular weight is 297 g/mol. The van der Waals surface area contributed by atoms with Crippen molar-refractivity contribution in [3.63, 3.8) is 0 Å². The van der Waals surface area contributed by atoms with E-state index in [4.69, 9.17) is 9.84 Å². The van der Waals surface area contributed by atoms with Crippen LogP contribution in [0.15, 0.2) is 0 Å². The number of carbonyl (C=O) groups excluding carboxylic acids is 1. The summed E-state index contributed by atoms with van der Waals surface area (Å²) in [6.07, 6.45) is -3.61. The van der Waals surface area contributed by atoms with Crippen LogP contribution in [0.5, 0.6) is 0 Å². The van der Waals surface area contributed by atoms with Crippen LogP contribution in [-0.4, -0.2) is 55.5 Å². The second-order valence-electron chi connectivity index (χ2n) is 5.13. The third-order valence-electron chi connectivity index (χ3n) is 3.79. The van der Waals surface area contributed by atoms with Crippen LogP contribution in [0.1, 0.15) is 25.7 Å². The number of rotatable bonds is 6. The third-order valence-corrected chi connectivity index (χ3v) is 3.79. The maximum Gasteiger partial charge on any atom is 0.391 e. The molecular weight excluding hydrogens is 275 g/mol. The van der Waals surface area contributed by atoms with Gasteiger partial charge in [0.05, 0.1) is 19.1 Å². The van der Waals surface area contributed by atoms with Crippen LogP contribution < -0.4 is 0 Å². The molecule has 0 aromatic carbocycles. The molecule has 0 heterocycles. The van der Waals surface area contributed by atoms with Gasteiger partial charge >= 0.3 is 6.18 Å². The lowest BCUT2D eigenvalue weighted by Gasteiger charge is -2.32. The predicted octanol–water partition coefficient (Wildman–Crippen LogP) is 1.82. The summed E-state index contributed by atoms with van der Waals surface area (Å²) in [5.41, 5.74) is 0. The molecule has 1 saturated carbocycles. The zero-order valence-corrected chi connectivity index (χ0v) is 11.7. The minimum atomic E-state index is -4.16. The van der Waals surface area contributed by atoms with Gasteiger partial charge in [-0.1, -0.05) is 0 Å². The zero-order chi connectivity index (χ0) is 15.2. The van der Waals surface area contributed by atoms with E-state index in [0.717, 1.165) is 0 Å². The second-order valence-corrected chi connectivity index (χ2v) is 5.13. The van der Waals surface area contributed by atoms with Gasteiger partial charge in [-0.2, -0.15) is 13.2 Å². The molecule has 0 saturated heterocycles. The normalized spacial score (nSPS) is 23.6. The minimum Gasteiger partial charge on any atom is -0.395 e. The summed E-state index contributed by atoms with van der Waals surface area (Å²) >= 11 is 0. The number of amides is 1. The molecule has 0 unspecified atom stereocenters. The molecule has 0 aliphatic heterocycles. The molecular formula is C13H22F3NO3. The van der Waals surface area contributed by atoms with E-state index in [9.17, 15) is 18.0 Å². The van der Waals surface area contributed by atoms with Crippen LogP contribution in [-0.2, 0) is 9.53 Å². The van der Waals surface area contributed by atoms with Gasteiger partial charge in [-0.3, -0.25) is 4.79 Å². The highest BCUT2D eigenvalue weighted by Crippen LogP contribution is 2.39. The highest BCUT2D eigenvalue weighted by Gasteiger charge is 2.42. The van der Waals surface area contributed by atoms with Crippen LogP contribution in [0.4, 0.5) is 13.2 Å². The Balaban J connectivity index is 2.51. The molecule has 0 bridgehead atoms. The second kappa shape index (κ2) is 7.83. The number of ether oxygens (including phenoxy) is 1. The first-order valence-corrected chi connectivity index (χ1v) is 6.85. The van der Waals surface area contributed by atoms with E-state index in [0.29, 0.717) is 13.2 Å². The molecule has 0 radical (unpaired) electrons. The number of aliphatic hydroxyl groups is 1. The Labute approximate surface area is 116 Å². The standard InChI is InChI=1S/C13H22F3NO3/c1-20-9-7-17(6-8-18)12(19)10-2-4-11(5-3-10)13(14,15)16/h10-11,18H,2-9H2,1H3. The average Bonchev–Trinajstić information content (AvgIpc) is 2.42. The van der Waals surface area contributed by atoms with Gasteiger partial charge in [0.25, 0.3) is 0 Å². The molecule has 1 N–H and O–H groups in total. The van der Waals surface area contributed by atoms with E-state index in [-0.39, 0.29) is 50.7 Å². The number of aliphatic hydroxyl groups excluding tert-OH is 1. The van der Waals surface area contributed by atoms with Gasteiger partial charge in [0.15, 0.2) is 0 Å². The molecule has 0 aromatic heterocycles. The van der Waals surface area contributed by atoms with Gasteiger partial charge < -0.3 is 14.7 Å². The summed E-state index contributed by atoms with van der Waals surface area (Å²) in [6.45, 7) is 0.744. The lowest BCUT2D eigenvalue weighted by molar-refractivity contribution is -0.185. The van der Waals surface area contributed by atoms with Crippen LogP contribution in [0, 0.1) is 11.8 Å². The van der Waals surface area contributed by atoms with Gasteiger partial charge in [0, 0.05) is 26.1 Å². The molecule has 0 aromatic rings. The largest absolute Gasteiger partial charge is 0.395 e. The Morgan fingerprint density at radius 3 is 2.30 bits per heavy atom. The fourth-order valence-corrected chi connectivity index (χ4v) is 2.58. The lowest BCUT2D eigenvalue weighted by atomic mass is 9.81. The van der Waals surface area contributed by atoms with Gasteiger partial charge in [-0.25, -0.2) is 0 Å². The van der Waals surface area contributed by atoms with Crippen molar-refractivity contribution in [2.75, 3.05) is 33.4 Å². The van der Waals surface area contributed by atoms with E-state index in [1.54, 1.807) is 0 Å². The SMILES string of the molecule is COCCN(CCO)C(=O)C1CCC(C(F)(F)F)CC1. The van der Waals surface area contributed by atoms with Crippen LogP contribution in [0.3, 0.4) is 0 Å². The van der Waals surface area contributed by atoms with Crippen molar-refractivity contribution in [3.05, 3.63) is 0 Å². The van der Waals surface area contributed by atoms with Crippen LogP contribution in [0.25, 0.3) is 0 Å².